The quantitative estimate of drug-likeness (QED) is 0.444. The zero-order chi connectivity index (χ0) is 8.20. The molecular formula is C7H16N2O. The van der Waals surface area contributed by atoms with Crippen LogP contribution in [0.3, 0.4) is 0 Å². The van der Waals surface area contributed by atoms with Crippen LogP contribution in [-0.4, -0.2) is 24.1 Å². The Morgan fingerprint density at radius 1 is 1.60 bits per heavy atom. The highest BCUT2D eigenvalue weighted by Crippen LogP contribution is 2.12. The Morgan fingerprint density at radius 3 is 2.40 bits per heavy atom. The van der Waals surface area contributed by atoms with E-state index in [1.54, 1.807) is 6.92 Å². The molecule has 0 bridgehead atoms. The van der Waals surface area contributed by atoms with Gasteiger partial charge in [-0.2, -0.15) is 0 Å². The van der Waals surface area contributed by atoms with Crippen LogP contribution in [0.2, 0.25) is 0 Å². The second kappa shape index (κ2) is 3.56. The molecule has 0 spiro atoms. The molecule has 0 rings (SSSR count). The monoisotopic (exact) mass is 144 g/mol. The predicted octanol–water partition coefficient (Wildman–Crippen LogP) is 0.382. The maximum Gasteiger partial charge on any atom is 0.0905 e. The minimum atomic E-state index is -0.138. The summed E-state index contributed by atoms with van der Waals surface area (Å²) in [5.74, 6) is 0.571. The topological polar surface area (TPSA) is 58.6 Å². The lowest BCUT2D eigenvalue weighted by Crippen LogP contribution is -2.22. The predicted molar refractivity (Wildman–Crippen MR) is 43.0 cm³/mol. The van der Waals surface area contributed by atoms with Crippen molar-refractivity contribution in [3.8, 4) is 0 Å². The van der Waals surface area contributed by atoms with Gasteiger partial charge in [-0.15, -0.1) is 0 Å². The fraction of sp³-hybridized carbons (Fsp3) is 0.857. The molecule has 0 aromatic rings. The van der Waals surface area contributed by atoms with Gasteiger partial charge in [0.1, 0.15) is 0 Å². The summed E-state index contributed by atoms with van der Waals surface area (Å²) in [4.78, 5) is 4.00. The highest BCUT2D eigenvalue weighted by atomic mass is 16.3. The number of hydrogen-bond acceptors (Lipinski definition) is 2. The van der Waals surface area contributed by atoms with Crippen LogP contribution in [0.1, 0.15) is 20.8 Å². The molecule has 0 atom stereocenters. The first-order chi connectivity index (χ1) is 4.48. The van der Waals surface area contributed by atoms with Crippen LogP contribution in [0.15, 0.2) is 4.99 Å². The molecule has 3 nitrogen and oxygen atoms in total. The lowest BCUT2D eigenvalue weighted by molar-refractivity contribution is 0.167. The summed E-state index contributed by atoms with van der Waals surface area (Å²) in [6.45, 7) is 6.36. The number of aliphatic hydroxyl groups excluding tert-OH is 1. The summed E-state index contributed by atoms with van der Waals surface area (Å²) >= 11 is 0. The molecule has 60 valence electrons. The molecule has 0 saturated carbocycles. The minimum Gasteiger partial charge on any atom is -0.396 e. The maximum atomic E-state index is 8.80. The van der Waals surface area contributed by atoms with Crippen molar-refractivity contribution in [2.45, 2.75) is 20.8 Å². The molecule has 0 aliphatic rings. The second-order valence-electron chi connectivity index (χ2n) is 3.28. The molecule has 0 aromatic carbocycles. The van der Waals surface area contributed by atoms with Crippen LogP contribution in [0.25, 0.3) is 0 Å². The first kappa shape index (κ1) is 9.43. The fourth-order valence-electron chi connectivity index (χ4n) is 0.389. The van der Waals surface area contributed by atoms with Crippen molar-refractivity contribution in [3.05, 3.63) is 0 Å². The Morgan fingerprint density at radius 2 is 2.10 bits per heavy atom. The van der Waals surface area contributed by atoms with Crippen LogP contribution in [0.5, 0.6) is 0 Å². The third-order valence-electron chi connectivity index (χ3n) is 1.18. The van der Waals surface area contributed by atoms with E-state index in [0.29, 0.717) is 12.4 Å². The molecule has 0 radical (unpaired) electrons. The van der Waals surface area contributed by atoms with E-state index in [-0.39, 0.29) is 12.0 Å². The van der Waals surface area contributed by atoms with Crippen LogP contribution in [0, 0.1) is 5.41 Å². The zero-order valence-corrected chi connectivity index (χ0v) is 6.89. The van der Waals surface area contributed by atoms with Crippen molar-refractivity contribution in [2.75, 3.05) is 13.2 Å². The van der Waals surface area contributed by atoms with Crippen molar-refractivity contribution < 1.29 is 5.11 Å². The third-order valence-corrected chi connectivity index (χ3v) is 1.18. The fourth-order valence-corrected chi connectivity index (χ4v) is 0.389. The zero-order valence-electron chi connectivity index (χ0n) is 6.89. The number of nitrogens with zero attached hydrogens (tertiary/aromatic N) is 1. The molecule has 0 fully saturated rings. The Bertz CT molecular complexity index is 126. The van der Waals surface area contributed by atoms with E-state index in [0.717, 1.165) is 0 Å². The van der Waals surface area contributed by atoms with Crippen LogP contribution < -0.4 is 5.73 Å². The standard InChI is InChI=1S/C7H16N2O/c1-6(8)9-4-7(2,3)5-10/h10H,4-5H2,1-3H3,(H2,8,9). The second-order valence-corrected chi connectivity index (χ2v) is 3.28. The van der Waals surface area contributed by atoms with Crippen molar-refractivity contribution in [2.24, 2.45) is 16.1 Å². The number of amidine groups is 1. The summed E-state index contributed by atoms with van der Waals surface area (Å²) < 4.78 is 0. The minimum absolute atomic E-state index is 0.138. The van der Waals surface area contributed by atoms with Gasteiger partial charge >= 0.3 is 0 Å². The number of hydrogen-bond donors (Lipinski definition) is 2. The molecule has 0 heterocycles. The normalized spacial score (nSPS) is 13.8. The summed E-state index contributed by atoms with van der Waals surface area (Å²) in [6.07, 6.45) is 0. The van der Waals surface area contributed by atoms with Gasteiger partial charge in [-0.25, -0.2) is 0 Å². The Kier molecular flexibility index (Phi) is 3.36. The Balaban J connectivity index is 3.78. The number of rotatable bonds is 3. The smallest absolute Gasteiger partial charge is 0.0905 e. The average Bonchev–Trinajstić information content (AvgIpc) is 1.85. The summed E-state index contributed by atoms with van der Waals surface area (Å²) in [5, 5.41) is 8.80. The first-order valence-corrected chi connectivity index (χ1v) is 3.35. The first-order valence-electron chi connectivity index (χ1n) is 3.35. The van der Waals surface area contributed by atoms with Crippen molar-refractivity contribution >= 4 is 5.84 Å². The van der Waals surface area contributed by atoms with E-state index < -0.39 is 0 Å². The molecule has 0 aromatic heterocycles. The molecule has 0 aliphatic heterocycles. The molecular weight excluding hydrogens is 128 g/mol. The number of aliphatic imine (C=N–C) groups is 1. The van der Waals surface area contributed by atoms with Gasteiger partial charge in [0.25, 0.3) is 0 Å². The largest absolute Gasteiger partial charge is 0.396 e. The van der Waals surface area contributed by atoms with Gasteiger partial charge < -0.3 is 10.8 Å². The molecule has 0 amide bonds. The van der Waals surface area contributed by atoms with E-state index >= 15 is 0 Å². The number of nitrogens with two attached hydrogens (primary N) is 1. The molecule has 0 saturated heterocycles. The third kappa shape index (κ3) is 4.32. The van der Waals surface area contributed by atoms with Gasteiger partial charge in [-0.3, -0.25) is 4.99 Å². The van der Waals surface area contributed by atoms with Crippen LogP contribution in [-0.2, 0) is 0 Å². The van der Waals surface area contributed by atoms with E-state index in [1.165, 1.54) is 0 Å². The van der Waals surface area contributed by atoms with Crippen LogP contribution in [0.4, 0.5) is 0 Å². The van der Waals surface area contributed by atoms with Crippen molar-refractivity contribution in [1.29, 1.82) is 0 Å². The molecule has 10 heavy (non-hydrogen) atoms. The van der Waals surface area contributed by atoms with Crippen molar-refractivity contribution in [1.82, 2.24) is 0 Å². The van der Waals surface area contributed by atoms with Gasteiger partial charge in [-0.1, -0.05) is 13.8 Å². The van der Waals surface area contributed by atoms with Crippen LogP contribution >= 0.6 is 0 Å². The van der Waals surface area contributed by atoms with E-state index in [1.807, 2.05) is 13.8 Å². The lowest BCUT2D eigenvalue weighted by Gasteiger charge is -2.18. The Hall–Kier alpha value is -0.570. The van der Waals surface area contributed by atoms with E-state index in [4.69, 9.17) is 10.8 Å². The summed E-state index contributed by atoms with van der Waals surface area (Å²) in [6, 6.07) is 0. The number of aliphatic hydroxyl groups is 1. The van der Waals surface area contributed by atoms with Gasteiger partial charge in [0.15, 0.2) is 0 Å². The molecule has 0 aliphatic carbocycles. The van der Waals surface area contributed by atoms with Crippen molar-refractivity contribution in [3.63, 3.8) is 0 Å². The van der Waals surface area contributed by atoms with E-state index in [2.05, 4.69) is 4.99 Å². The highest BCUT2D eigenvalue weighted by Gasteiger charge is 2.14. The Labute approximate surface area is 62.0 Å². The molecule has 3 N–H and O–H groups in total. The molecule has 0 unspecified atom stereocenters. The lowest BCUT2D eigenvalue weighted by atomic mass is 9.95. The van der Waals surface area contributed by atoms with Gasteiger partial charge in [0.05, 0.1) is 5.84 Å². The molecule has 3 heteroatoms. The van der Waals surface area contributed by atoms with E-state index in [9.17, 15) is 0 Å². The van der Waals surface area contributed by atoms with Gasteiger partial charge in [0, 0.05) is 18.6 Å². The highest BCUT2D eigenvalue weighted by molar-refractivity contribution is 5.77. The summed E-state index contributed by atoms with van der Waals surface area (Å²) in [7, 11) is 0. The average molecular weight is 144 g/mol. The SMILES string of the molecule is CC(N)=NCC(C)(C)CO. The van der Waals surface area contributed by atoms with Gasteiger partial charge in [-0.05, 0) is 6.92 Å². The van der Waals surface area contributed by atoms with Gasteiger partial charge in [0.2, 0.25) is 0 Å². The summed E-state index contributed by atoms with van der Waals surface area (Å²) in [5.41, 5.74) is 5.18. The maximum absolute atomic E-state index is 8.80.